The van der Waals surface area contributed by atoms with Gasteiger partial charge in [-0.25, -0.2) is 4.98 Å². The molecule has 2 saturated heterocycles. The lowest BCUT2D eigenvalue weighted by molar-refractivity contribution is 0.0365. The number of anilines is 1. The number of nitrogens with zero attached hydrogens (tertiary/aromatic N) is 3. The molecular weight excluding hydrogens is 318 g/mol. The maximum atomic E-state index is 5.51. The van der Waals surface area contributed by atoms with Gasteiger partial charge >= 0.3 is 0 Å². The Morgan fingerprint density at radius 3 is 2.67 bits per heavy atom. The van der Waals surface area contributed by atoms with E-state index in [0.717, 1.165) is 44.6 Å². The predicted molar refractivity (Wildman–Crippen MR) is 99.8 cm³/mol. The molecule has 0 N–H and O–H groups in total. The first kappa shape index (κ1) is 16.1. The molecule has 1 aromatic carbocycles. The fraction of sp³-hybridized carbons (Fsp3) is 0.526. The number of hydrogen-bond acceptors (Lipinski definition) is 5. The molecular formula is C19H25N3OS. The first-order valence-corrected chi connectivity index (χ1v) is 9.86. The van der Waals surface area contributed by atoms with Crippen LogP contribution >= 0.6 is 11.3 Å². The molecule has 3 heterocycles. The summed E-state index contributed by atoms with van der Waals surface area (Å²) in [6, 6.07) is 11.2. The molecule has 0 unspecified atom stereocenters. The van der Waals surface area contributed by atoms with Crippen LogP contribution in [0.4, 0.5) is 5.13 Å². The molecule has 5 heteroatoms. The molecule has 0 saturated carbocycles. The van der Waals surface area contributed by atoms with Crippen LogP contribution in [0.5, 0.6) is 0 Å². The van der Waals surface area contributed by atoms with Gasteiger partial charge in [-0.3, -0.25) is 4.90 Å². The van der Waals surface area contributed by atoms with E-state index in [-0.39, 0.29) is 0 Å². The van der Waals surface area contributed by atoms with Gasteiger partial charge in [0.1, 0.15) is 0 Å². The maximum Gasteiger partial charge on any atom is 0.185 e. The van der Waals surface area contributed by atoms with E-state index in [0.29, 0.717) is 0 Å². The van der Waals surface area contributed by atoms with Crippen molar-refractivity contribution >= 4 is 16.5 Å². The summed E-state index contributed by atoms with van der Waals surface area (Å²) in [4.78, 5) is 10.0. The summed E-state index contributed by atoms with van der Waals surface area (Å²) in [5.74, 6) is 0. The normalized spacial score (nSPS) is 20.9. The Hall–Kier alpha value is -1.43. The van der Waals surface area contributed by atoms with Crippen molar-refractivity contribution in [3.05, 3.63) is 35.7 Å². The summed E-state index contributed by atoms with van der Waals surface area (Å²) in [7, 11) is 0. The zero-order valence-electron chi connectivity index (χ0n) is 14.1. The first-order chi connectivity index (χ1) is 11.9. The predicted octanol–water partition coefficient (Wildman–Crippen LogP) is 3.50. The second-order valence-electron chi connectivity index (χ2n) is 6.60. The summed E-state index contributed by atoms with van der Waals surface area (Å²) in [6.07, 6.45) is 3.60. The van der Waals surface area contributed by atoms with Crippen LogP contribution < -0.4 is 4.90 Å². The molecule has 2 aliphatic heterocycles. The molecule has 0 spiro atoms. The van der Waals surface area contributed by atoms with Crippen LogP contribution in [0.15, 0.2) is 35.7 Å². The monoisotopic (exact) mass is 343 g/mol. The van der Waals surface area contributed by atoms with Gasteiger partial charge in [-0.2, -0.15) is 0 Å². The first-order valence-electron chi connectivity index (χ1n) is 8.98. The van der Waals surface area contributed by atoms with Crippen LogP contribution in [0.2, 0.25) is 0 Å². The molecule has 1 aromatic heterocycles. The SMILES string of the molecule is c1ccc(-c2csc(N3CCCN(C4CCOCC4)CC3)n2)cc1. The molecule has 24 heavy (non-hydrogen) atoms. The van der Waals surface area contributed by atoms with Crippen LogP contribution in [0, 0.1) is 0 Å². The highest BCUT2D eigenvalue weighted by atomic mass is 32.1. The molecule has 2 aromatic rings. The average molecular weight is 343 g/mol. The van der Waals surface area contributed by atoms with Gasteiger partial charge in [0.05, 0.1) is 5.69 Å². The topological polar surface area (TPSA) is 28.6 Å². The summed E-state index contributed by atoms with van der Waals surface area (Å²) < 4.78 is 5.51. The number of aromatic nitrogens is 1. The van der Waals surface area contributed by atoms with Crippen molar-refractivity contribution in [2.75, 3.05) is 44.3 Å². The van der Waals surface area contributed by atoms with E-state index in [1.807, 2.05) is 0 Å². The largest absolute Gasteiger partial charge is 0.381 e. The Balaban J connectivity index is 1.41. The summed E-state index contributed by atoms with van der Waals surface area (Å²) in [6.45, 7) is 6.40. The quantitative estimate of drug-likeness (QED) is 0.853. The minimum absolute atomic E-state index is 0.717. The number of hydrogen-bond donors (Lipinski definition) is 0. The molecule has 0 amide bonds. The van der Waals surface area contributed by atoms with Gasteiger partial charge in [-0.05, 0) is 19.3 Å². The molecule has 4 rings (SSSR count). The van der Waals surface area contributed by atoms with Gasteiger partial charge in [-0.15, -0.1) is 11.3 Å². The van der Waals surface area contributed by atoms with Gasteiger partial charge in [0.25, 0.3) is 0 Å². The standard InChI is InChI=1S/C19H25N3OS/c1-2-5-16(6-3-1)18-15-24-19(20-18)22-10-4-9-21(11-12-22)17-7-13-23-14-8-17/h1-3,5-6,15,17H,4,7-14H2. The summed E-state index contributed by atoms with van der Waals surface area (Å²) in [5.41, 5.74) is 2.31. The van der Waals surface area contributed by atoms with Crippen LogP contribution in [0.25, 0.3) is 11.3 Å². The highest BCUT2D eigenvalue weighted by Crippen LogP contribution is 2.28. The van der Waals surface area contributed by atoms with Crippen LogP contribution in [0.1, 0.15) is 19.3 Å². The fourth-order valence-corrected chi connectivity index (χ4v) is 4.58. The molecule has 0 radical (unpaired) electrons. The van der Waals surface area contributed by atoms with Crippen molar-refractivity contribution in [3.63, 3.8) is 0 Å². The lowest BCUT2D eigenvalue weighted by Crippen LogP contribution is -2.41. The third kappa shape index (κ3) is 3.63. The van der Waals surface area contributed by atoms with E-state index in [1.165, 1.54) is 36.5 Å². The Morgan fingerprint density at radius 2 is 1.83 bits per heavy atom. The smallest absolute Gasteiger partial charge is 0.185 e. The molecule has 2 fully saturated rings. The van der Waals surface area contributed by atoms with Crippen molar-refractivity contribution in [3.8, 4) is 11.3 Å². The van der Waals surface area contributed by atoms with E-state index < -0.39 is 0 Å². The molecule has 2 aliphatic rings. The van der Waals surface area contributed by atoms with E-state index in [9.17, 15) is 0 Å². The van der Waals surface area contributed by atoms with E-state index >= 15 is 0 Å². The van der Waals surface area contributed by atoms with Crippen LogP contribution in [0.3, 0.4) is 0 Å². The molecule has 128 valence electrons. The average Bonchev–Trinajstić information content (AvgIpc) is 3.01. The van der Waals surface area contributed by atoms with Gasteiger partial charge in [0, 0.05) is 56.4 Å². The third-order valence-corrected chi connectivity index (χ3v) is 5.97. The van der Waals surface area contributed by atoms with Crippen molar-refractivity contribution in [1.82, 2.24) is 9.88 Å². The molecule has 0 aliphatic carbocycles. The highest BCUT2D eigenvalue weighted by molar-refractivity contribution is 7.14. The van der Waals surface area contributed by atoms with Gasteiger partial charge in [0.2, 0.25) is 0 Å². The second kappa shape index (κ2) is 7.64. The Labute approximate surface area is 148 Å². The number of thiazole rings is 1. The van der Waals surface area contributed by atoms with Crippen LogP contribution in [-0.4, -0.2) is 55.3 Å². The van der Waals surface area contributed by atoms with Crippen molar-refractivity contribution in [1.29, 1.82) is 0 Å². The van der Waals surface area contributed by atoms with Crippen LogP contribution in [-0.2, 0) is 4.74 Å². The Kier molecular flexibility index (Phi) is 5.11. The lowest BCUT2D eigenvalue weighted by Gasteiger charge is -2.33. The van der Waals surface area contributed by atoms with Crippen molar-refractivity contribution in [2.45, 2.75) is 25.3 Å². The maximum absolute atomic E-state index is 5.51. The third-order valence-electron chi connectivity index (χ3n) is 5.07. The minimum atomic E-state index is 0.717. The Bertz CT molecular complexity index is 639. The number of ether oxygens (including phenoxy) is 1. The molecule has 4 nitrogen and oxygen atoms in total. The zero-order chi connectivity index (χ0) is 16.2. The van der Waals surface area contributed by atoms with Crippen molar-refractivity contribution < 1.29 is 4.74 Å². The van der Waals surface area contributed by atoms with E-state index in [2.05, 4.69) is 45.5 Å². The van der Waals surface area contributed by atoms with Gasteiger partial charge in [-0.1, -0.05) is 30.3 Å². The second-order valence-corrected chi connectivity index (χ2v) is 7.44. The van der Waals surface area contributed by atoms with Crippen molar-refractivity contribution in [2.24, 2.45) is 0 Å². The van der Waals surface area contributed by atoms with Gasteiger partial charge < -0.3 is 9.64 Å². The Morgan fingerprint density at radius 1 is 1.00 bits per heavy atom. The molecule has 0 bridgehead atoms. The highest BCUT2D eigenvalue weighted by Gasteiger charge is 2.24. The number of rotatable bonds is 3. The minimum Gasteiger partial charge on any atom is -0.381 e. The zero-order valence-corrected chi connectivity index (χ0v) is 14.9. The van der Waals surface area contributed by atoms with E-state index in [1.54, 1.807) is 11.3 Å². The number of benzene rings is 1. The summed E-state index contributed by atoms with van der Waals surface area (Å²) >= 11 is 1.77. The molecule has 0 atom stereocenters. The lowest BCUT2D eigenvalue weighted by atomic mass is 10.1. The van der Waals surface area contributed by atoms with E-state index in [4.69, 9.17) is 9.72 Å². The summed E-state index contributed by atoms with van der Waals surface area (Å²) in [5, 5.41) is 3.36. The van der Waals surface area contributed by atoms with Gasteiger partial charge in [0.15, 0.2) is 5.13 Å². The fourth-order valence-electron chi connectivity index (χ4n) is 3.70.